The van der Waals surface area contributed by atoms with Crippen molar-refractivity contribution in [2.45, 2.75) is 43.3 Å². The van der Waals surface area contributed by atoms with Crippen LogP contribution in [-0.2, 0) is 9.47 Å². The maximum absolute atomic E-state index is 6.81. The van der Waals surface area contributed by atoms with E-state index in [1.165, 1.54) is 0 Å². The van der Waals surface area contributed by atoms with Gasteiger partial charge in [0, 0.05) is 17.4 Å². The number of imidazole rings is 1. The Kier molecular flexibility index (Phi) is 8.56. The molecule has 2 heterocycles. The minimum absolute atomic E-state index is 0.152. The van der Waals surface area contributed by atoms with E-state index in [0.29, 0.717) is 28.9 Å². The van der Waals surface area contributed by atoms with Crippen molar-refractivity contribution in [3.8, 4) is 17.2 Å². The summed E-state index contributed by atoms with van der Waals surface area (Å²) < 4.78 is 31.4. The molecule has 2 aromatic carbocycles. The zero-order valence-electron chi connectivity index (χ0n) is 19.1. The molecule has 0 amide bonds. The summed E-state index contributed by atoms with van der Waals surface area (Å²) in [4.78, 5) is 4.11. The van der Waals surface area contributed by atoms with Crippen LogP contribution in [0.4, 0.5) is 0 Å². The fourth-order valence-corrected chi connectivity index (χ4v) is 4.36. The first-order chi connectivity index (χ1) is 16.6. The van der Waals surface area contributed by atoms with Crippen molar-refractivity contribution < 1.29 is 23.7 Å². The van der Waals surface area contributed by atoms with Gasteiger partial charge < -0.3 is 28.3 Å². The Balaban J connectivity index is 1.44. The molecule has 0 saturated carbocycles. The van der Waals surface area contributed by atoms with Crippen LogP contribution in [-0.4, -0.2) is 42.8 Å². The molecule has 1 aliphatic rings. The van der Waals surface area contributed by atoms with E-state index in [9.17, 15) is 0 Å². The van der Waals surface area contributed by atoms with E-state index in [-0.39, 0.29) is 6.10 Å². The molecule has 7 nitrogen and oxygen atoms in total. The quantitative estimate of drug-likeness (QED) is 0.313. The summed E-state index contributed by atoms with van der Waals surface area (Å²) in [5, 5.41) is 0.647. The standard InChI is InChI=1S/C25H28Cl2N2O5/c1-30-20-6-4-7-21(31-2)24(20)32-15-19-5-3-8-22(33-19)34-23(17-9-11-18(26)12-10-17)25(27)29-14-13-28-16-29/h4,6-7,9-14,16,19,22-23,25H,3,5,8,15H2,1-2H3. The molecule has 1 fully saturated rings. The molecule has 0 aliphatic carbocycles. The highest BCUT2D eigenvalue weighted by molar-refractivity contribution is 6.30. The first kappa shape index (κ1) is 24.7. The second-order valence-electron chi connectivity index (χ2n) is 7.91. The van der Waals surface area contributed by atoms with Gasteiger partial charge in [-0.3, -0.25) is 0 Å². The van der Waals surface area contributed by atoms with Gasteiger partial charge >= 0.3 is 0 Å². The molecular weight excluding hydrogens is 479 g/mol. The van der Waals surface area contributed by atoms with Gasteiger partial charge in [0.25, 0.3) is 0 Å². The fraction of sp³-hybridized carbons (Fsp3) is 0.400. The third-order valence-electron chi connectivity index (χ3n) is 5.66. The third kappa shape index (κ3) is 5.96. The smallest absolute Gasteiger partial charge is 0.203 e. The number of nitrogens with zero attached hydrogens (tertiary/aromatic N) is 2. The summed E-state index contributed by atoms with van der Waals surface area (Å²) in [6.07, 6.45) is 6.66. The van der Waals surface area contributed by atoms with Gasteiger partial charge in [-0.15, -0.1) is 0 Å². The monoisotopic (exact) mass is 506 g/mol. The van der Waals surface area contributed by atoms with Crippen LogP contribution in [0, 0.1) is 0 Å². The molecule has 34 heavy (non-hydrogen) atoms. The van der Waals surface area contributed by atoms with Gasteiger partial charge in [-0.25, -0.2) is 4.98 Å². The summed E-state index contributed by atoms with van der Waals surface area (Å²) in [6.45, 7) is 0.341. The molecule has 0 radical (unpaired) electrons. The number of benzene rings is 2. The highest BCUT2D eigenvalue weighted by atomic mass is 35.5. The Morgan fingerprint density at radius 3 is 2.47 bits per heavy atom. The van der Waals surface area contributed by atoms with Crippen LogP contribution in [0.15, 0.2) is 61.2 Å². The van der Waals surface area contributed by atoms with Gasteiger partial charge in [-0.05, 0) is 49.1 Å². The van der Waals surface area contributed by atoms with Crippen LogP contribution in [0.1, 0.15) is 36.4 Å². The van der Waals surface area contributed by atoms with Crippen LogP contribution in [0.5, 0.6) is 17.2 Å². The molecule has 4 atom stereocenters. The van der Waals surface area contributed by atoms with Gasteiger partial charge in [-0.2, -0.15) is 0 Å². The molecule has 9 heteroatoms. The van der Waals surface area contributed by atoms with Gasteiger partial charge in [0.15, 0.2) is 17.8 Å². The predicted molar refractivity (Wildman–Crippen MR) is 130 cm³/mol. The van der Waals surface area contributed by atoms with Crippen molar-refractivity contribution in [3.63, 3.8) is 0 Å². The normalized spacial score (nSPS) is 19.9. The van der Waals surface area contributed by atoms with Crippen molar-refractivity contribution in [2.24, 2.45) is 0 Å². The largest absolute Gasteiger partial charge is 0.493 e. The van der Waals surface area contributed by atoms with Gasteiger partial charge in [0.1, 0.15) is 18.2 Å². The molecule has 0 spiro atoms. The van der Waals surface area contributed by atoms with Crippen molar-refractivity contribution in [1.82, 2.24) is 9.55 Å². The fourth-order valence-electron chi connectivity index (χ4n) is 3.91. The maximum Gasteiger partial charge on any atom is 0.203 e. The highest BCUT2D eigenvalue weighted by Crippen LogP contribution is 2.39. The molecule has 4 unspecified atom stereocenters. The second-order valence-corrected chi connectivity index (χ2v) is 8.80. The summed E-state index contributed by atoms with van der Waals surface area (Å²) in [5.74, 6) is 1.77. The molecule has 1 aromatic heterocycles. The maximum atomic E-state index is 6.81. The Morgan fingerprint density at radius 1 is 1.09 bits per heavy atom. The SMILES string of the molecule is COc1cccc(OC)c1OCC1CCCC(OC(c2ccc(Cl)cc2)C(Cl)n2ccnc2)O1. The minimum Gasteiger partial charge on any atom is -0.493 e. The summed E-state index contributed by atoms with van der Waals surface area (Å²) in [7, 11) is 3.20. The summed E-state index contributed by atoms with van der Waals surface area (Å²) in [5.41, 5.74) is 0.389. The van der Waals surface area contributed by atoms with E-state index in [0.717, 1.165) is 24.8 Å². The first-order valence-electron chi connectivity index (χ1n) is 11.1. The van der Waals surface area contributed by atoms with E-state index in [2.05, 4.69) is 4.98 Å². The van der Waals surface area contributed by atoms with E-state index in [4.69, 9.17) is 46.9 Å². The van der Waals surface area contributed by atoms with Crippen molar-refractivity contribution in [1.29, 1.82) is 0 Å². The lowest BCUT2D eigenvalue weighted by atomic mass is 10.1. The number of rotatable bonds is 10. The Labute approximate surface area is 209 Å². The van der Waals surface area contributed by atoms with Crippen LogP contribution in [0.3, 0.4) is 0 Å². The number of hydrogen-bond donors (Lipinski definition) is 0. The highest BCUT2D eigenvalue weighted by Gasteiger charge is 2.31. The number of alkyl halides is 1. The van der Waals surface area contributed by atoms with Crippen molar-refractivity contribution in [3.05, 3.63) is 71.8 Å². The lowest BCUT2D eigenvalue weighted by molar-refractivity contribution is -0.224. The molecule has 4 rings (SSSR count). The van der Waals surface area contributed by atoms with Crippen LogP contribution in [0.25, 0.3) is 0 Å². The average molecular weight is 507 g/mol. The lowest BCUT2D eigenvalue weighted by Crippen LogP contribution is -2.35. The van der Waals surface area contributed by atoms with Crippen LogP contribution in [0.2, 0.25) is 5.02 Å². The summed E-state index contributed by atoms with van der Waals surface area (Å²) >= 11 is 12.9. The molecule has 3 aromatic rings. The van der Waals surface area contributed by atoms with Gasteiger partial charge in [0.05, 0.1) is 26.7 Å². The zero-order valence-corrected chi connectivity index (χ0v) is 20.6. The van der Waals surface area contributed by atoms with Crippen molar-refractivity contribution in [2.75, 3.05) is 20.8 Å². The number of para-hydroxylation sites is 1. The summed E-state index contributed by atoms with van der Waals surface area (Å²) in [6, 6.07) is 13.0. The molecule has 1 saturated heterocycles. The number of methoxy groups -OCH3 is 2. The topological polar surface area (TPSA) is 64.0 Å². The third-order valence-corrected chi connectivity index (χ3v) is 6.37. The molecule has 0 N–H and O–H groups in total. The molecular formula is C25H28Cl2N2O5. The minimum atomic E-state index is -0.512. The van der Waals surface area contributed by atoms with Gasteiger partial charge in [0.2, 0.25) is 5.75 Å². The molecule has 0 bridgehead atoms. The van der Waals surface area contributed by atoms with Crippen LogP contribution < -0.4 is 14.2 Å². The Bertz CT molecular complexity index is 1010. The number of halogens is 2. The van der Waals surface area contributed by atoms with E-state index in [1.807, 2.05) is 48.7 Å². The van der Waals surface area contributed by atoms with E-state index >= 15 is 0 Å². The average Bonchev–Trinajstić information content (AvgIpc) is 3.41. The van der Waals surface area contributed by atoms with E-state index in [1.54, 1.807) is 31.3 Å². The zero-order chi connectivity index (χ0) is 23.9. The van der Waals surface area contributed by atoms with E-state index < -0.39 is 17.9 Å². The Morgan fingerprint density at radius 2 is 1.82 bits per heavy atom. The van der Waals surface area contributed by atoms with Gasteiger partial charge in [-0.1, -0.05) is 41.4 Å². The number of aromatic nitrogens is 2. The Hall–Kier alpha value is -2.45. The lowest BCUT2D eigenvalue weighted by Gasteiger charge is -2.34. The number of ether oxygens (including phenoxy) is 5. The van der Waals surface area contributed by atoms with Crippen LogP contribution >= 0.6 is 23.2 Å². The van der Waals surface area contributed by atoms with Crippen molar-refractivity contribution >= 4 is 23.2 Å². The molecule has 1 aliphatic heterocycles. The second kappa shape index (κ2) is 11.8. The molecule has 182 valence electrons. The first-order valence-corrected chi connectivity index (χ1v) is 11.9. The number of hydrogen-bond acceptors (Lipinski definition) is 6. The predicted octanol–water partition coefficient (Wildman–Crippen LogP) is 6.02.